The molecule has 0 saturated heterocycles. The maximum atomic E-state index is 5.42. The minimum Gasteiger partial charge on any atom is -0.497 e. The van der Waals surface area contributed by atoms with Crippen LogP contribution in [0.4, 0.5) is 23.1 Å². The second-order valence-electron chi connectivity index (χ2n) is 6.38. The fraction of sp³-hybridized carbons (Fsp3) is 0.250. The fourth-order valence-electron chi connectivity index (χ4n) is 3.40. The monoisotopic (exact) mass is 363 g/mol. The van der Waals surface area contributed by atoms with Gasteiger partial charge >= 0.3 is 0 Å². The Labute approximate surface area is 158 Å². The number of benzene rings is 2. The van der Waals surface area contributed by atoms with Gasteiger partial charge in [-0.2, -0.15) is 10.1 Å². The van der Waals surface area contributed by atoms with Crippen molar-refractivity contribution < 1.29 is 9.47 Å². The number of nitrogens with one attached hydrogen (secondary N) is 1. The molecule has 0 bridgehead atoms. The van der Waals surface area contributed by atoms with Gasteiger partial charge < -0.3 is 19.7 Å². The molecule has 138 valence electrons. The molecule has 2 heterocycles. The van der Waals surface area contributed by atoms with E-state index in [9.17, 15) is 0 Å². The van der Waals surface area contributed by atoms with E-state index in [4.69, 9.17) is 9.47 Å². The Kier molecular flexibility index (Phi) is 4.50. The topological polar surface area (TPSA) is 72.4 Å². The Bertz CT molecular complexity index is 963. The number of hydrogen-bond donors (Lipinski definition) is 1. The first-order valence-electron chi connectivity index (χ1n) is 8.75. The summed E-state index contributed by atoms with van der Waals surface area (Å²) in [5.41, 5.74) is 3.22. The largest absolute Gasteiger partial charge is 0.497 e. The third kappa shape index (κ3) is 3.23. The Hall–Kier alpha value is -3.35. The van der Waals surface area contributed by atoms with Gasteiger partial charge in [-0.3, -0.25) is 0 Å². The van der Waals surface area contributed by atoms with Gasteiger partial charge in [0.2, 0.25) is 5.95 Å². The predicted molar refractivity (Wildman–Crippen MR) is 104 cm³/mol. The molecule has 27 heavy (non-hydrogen) atoms. The number of fused-ring (bicyclic) bond motifs is 1. The van der Waals surface area contributed by atoms with E-state index in [0.29, 0.717) is 23.5 Å². The molecule has 0 radical (unpaired) electrons. The van der Waals surface area contributed by atoms with E-state index >= 15 is 0 Å². The van der Waals surface area contributed by atoms with Crippen LogP contribution in [0.2, 0.25) is 0 Å². The van der Waals surface area contributed by atoms with Crippen LogP contribution in [0.15, 0.2) is 48.7 Å². The lowest BCUT2D eigenvalue weighted by Crippen LogP contribution is -2.25. The SMILES string of the molecule is COc1ccc(Nc2nncc(N3c4ccccc4CC3C)n2)c(OC)c1. The van der Waals surface area contributed by atoms with E-state index in [1.165, 1.54) is 11.3 Å². The fourth-order valence-corrected chi connectivity index (χ4v) is 3.40. The van der Waals surface area contributed by atoms with Gasteiger partial charge in [-0.05, 0) is 37.1 Å². The van der Waals surface area contributed by atoms with Gasteiger partial charge in [0.05, 0.1) is 26.1 Å². The average Bonchev–Trinajstić information content (AvgIpc) is 3.04. The van der Waals surface area contributed by atoms with E-state index in [1.54, 1.807) is 26.5 Å². The summed E-state index contributed by atoms with van der Waals surface area (Å²) in [5.74, 6) is 2.53. The number of anilines is 4. The van der Waals surface area contributed by atoms with Gasteiger partial charge in [0.25, 0.3) is 0 Å². The van der Waals surface area contributed by atoms with Crippen molar-refractivity contribution in [3.05, 3.63) is 54.2 Å². The zero-order valence-corrected chi connectivity index (χ0v) is 15.5. The molecule has 1 N–H and O–H groups in total. The quantitative estimate of drug-likeness (QED) is 0.741. The number of ether oxygens (including phenoxy) is 2. The molecule has 1 unspecified atom stereocenters. The first-order valence-corrected chi connectivity index (χ1v) is 8.75. The van der Waals surface area contributed by atoms with Gasteiger partial charge in [0.15, 0.2) is 5.82 Å². The number of rotatable bonds is 5. The van der Waals surface area contributed by atoms with Crippen molar-refractivity contribution >= 4 is 23.1 Å². The molecule has 0 fully saturated rings. The molecular weight excluding hydrogens is 342 g/mol. The first kappa shape index (κ1) is 17.1. The molecule has 1 atom stereocenters. The lowest BCUT2D eigenvalue weighted by atomic mass is 10.1. The molecule has 1 aromatic heterocycles. The van der Waals surface area contributed by atoms with Crippen LogP contribution in [0, 0.1) is 0 Å². The second kappa shape index (κ2) is 7.11. The van der Waals surface area contributed by atoms with Crippen LogP contribution in [0.3, 0.4) is 0 Å². The number of methoxy groups -OCH3 is 2. The van der Waals surface area contributed by atoms with Crippen LogP contribution in [0.25, 0.3) is 0 Å². The van der Waals surface area contributed by atoms with Crippen molar-refractivity contribution in [2.24, 2.45) is 0 Å². The molecular formula is C20H21N5O2. The predicted octanol–water partition coefficient (Wildman–Crippen LogP) is 3.72. The Balaban J connectivity index is 1.64. The summed E-state index contributed by atoms with van der Waals surface area (Å²) < 4.78 is 10.7. The van der Waals surface area contributed by atoms with Gasteiger partial charge in [0, 0.05) is 17.8 Å². The van der Waals surface area contributed by atoms with Crippen LogP contribution < -0.4 is 19.7 Å². The van der Waals surface area contributed by atoms with Gasteiger partial charge in [-0.15, -0.1) is 5.10 Å². The highest BCUT2D eigenvalue weighted by molar-refractivity contribution is 5.70. The van der Waals surface area contributed by atoms with Crippen molar-refractivity contribution in [1.82, 2.24) is 15.2 Å². The standard InChI is InChI=1S/C20H21N5O2/c1-13-10-14-6-4-5-7-17(14)25(13)19-12-21-24-20(23-19)22-16-9-8-15(26-2)11-18(16)27-3/h4-9,11-13H,10H2,1-3H3,(H,22,23,24). The molecule has 7 heteroatoms. The zero-order chi connectivity index (χ0) is 18.8. The highest BCUT2D eigenvalue weighted by atomic mass is 16.5. The Morgan fingerprint density at radius 1 is 1.11 bits per heavy atom. The first-order chi connectivity index (χ1) is 13.2. The molecule has 0 spiro atoms. The molecule has 7 nitrogen and oxygen atoms in total. The summed E-state index contributed by atoms with van der Waals surface area (Å²) in [6.07, 6.45) is 2.67. The molecule has 2 aromatic carbocycles. The molecule has 0 amide bonds. The highest BCUT2D eigenvalue weighted by Gasteiger charge is 2.28. The molecule has 0 saturated carbocycles. The second-order valence-corrected chi connectivity index (χ2v) is 6.38. The van der Waals surface area contributed by atoms with Gasteiger partial charge in [-0.1, -0.05) is 18.2 Å². The number of aromatic nitrogens is 3. The minimum absolute atomic E-state index is 0.308. The van der Waals surface area contributed by atoms with E-state index in [2.05, 4.69) is 50.5 Å². The van der Waals surface area contributed by atoms with E-state index < -0.39 is 0 Å². The smallest absolute Gasteiger partial charge is 0.249 e. The summed E-state index contributed by atoms with van der Waals surface area (Å²) in [5, 5.41) is 11.4. The van der Waals surface area contributed by atoms with Crippen LogP contribution in [0.5, 0.6) is 11.5 Å². The van der Waals surface area contributed by atoms with Crippen LogP contribution in [0.1, 0.15) is 12.5 Å². The summed E-state index contributed by atoms with van der Waals surface area (Å²) in [4.78, 5) is 6.87. The van der Waals surface area contributed by atoms with Gasteiger partial charge in [-0.25, -0.2) is 0 Å². The summed E-state index contributed by atoms with van der Waals surface area (Å²) in [7, 11) is 3.23. The van der Waals surface area contributed by atoms with Crippen molar-refractivity contribution in [2.45, 2.75) is 19.4 Å². The maximum Gasteiger partial charge on any atom is 0.249 e. The third-order valence-electron chi connectivity index (χ3n) is 4.66. The Morgan fingerprint density at radius 2 is 1.96 bits per heavy atom. The lowest BCUT2D eigenvalue weighted by molar-refractivity contribution is 0.395. The average molecular weight is 363 g/mol. The maximum absolute atomic E-state index is 5.42. The number of nitrogens with zero attached hydrogens (tertiary/aromatic N) is 4. The Morgan fingerprint density at radius 3 is 2.78 bits per heavy atom. The highest BCUT2D eigenvalue weighted by Crippen LogP contribution is 2.37. The molecule has 1 aliphatic heterocycles. The molecule has 3 aromatic rings. The van der Waals surface area contributed by atoms with Crippen LogP contribution >= 0.6 is 0 Å². The normalized spacial score (nSPS) is 15.4. The zero-order valence-electron chi connectivity index (χ0n) is 15.5. The lowest BCUT2D eigenvalue weighted by Gasteiger charge is -2.23. The number of hydrogen-bond acceptors (Lipinski definition) is 7. The molecule has 1 aliphatic rings. The summed E-state index contributed by atoms with van der Waals surface area (Å²) in [6.45, 7) is 2.18. The molecule has 4 rings (SSSR count). The van der Waals surface area contributed by atoms with E-state index in [1.807, 2.05) is 18.2 Å². The molecule has 0 aliphatic carbocycles. The minimum atomic E-state index is 0.308. The number of para-hydroxylation sites is 1. The van der Waals surface area contributed by atoms with Gasteiger partial charge in [0.1, 0.15) is 11.5 Å². The summed E-state index contributed by atoms with van der Waals surface area (Å²) >= 11 is 0. The van der Waals surface area contributed by atoms with Crippen LogP contribution in [-0.2, 0) is 6.42 Å². The third-order valence-corrected chi connectivity index (χ3v) is 4.66. The van der Waals surface area contributed by atoms with E-state index in [0.717, 1.165) is 17.9 Å². The van der Waals surface area contributed by atoms with Crippen molar-refractivity contribution in [1.29, 1.82) is 0 Å². The van der Waals surface area contributed by atoms with Crippen LogP contribution in [-0.4, -0.2) is 35.4 Å². The van der Waals surface area contributed by atoms with Crippen molar-refractivity contribution in [3.63, 3.8) is 0 Å². The van der Waals surface area contributed by atoms with E-state index in [-0.39, 0.29) is 0 Å². The van der Waals surface area contributed by atoms with Crippen molar-refractivity contribution in [3.8, 4) is 11.5 Å². The summed E-state index contributed by atoms with van der Waals surface area (Å²) in [6, 6.07) is 14.2. The van der Waals surface area contributed by atoms with Crippen molar-refractivity contribution in [2.75, 3.05) is 24.4 Å².